The van der Waals surface area contributed by atoms with Crippen LogP contribution in [0, 0.1) is 5.41 Å². The van der Waals surface area contributed by atoms with Gasteiger partial charge >= 0.3 is 0 Å². The predicted octanol–water partition coefficient (Wildman–Crippen LogP) is 3.30. The highest BCUT2D eigenvalue weighted by Crippen LogP contribution is 2.39. The van der Waals surface area contributed by atoms with Crippen molar-refractivity contribution in [2.75, 3.05) is 13.2 Å². The quantitative estimate of drug-likeness (QED) is 0.729. The van der Waals surface area contributed by atoms with Crippen molar-refractivity contribution in [1.82, 2.24) is 0 Å². The zero-order chi connectivity index (χ0) is 12.0. The smallest absolute Gasteiger partial charge is 0.0653 e. The van der Waals surface area contributed by atoms with E-state index >= 15 is 0 Å². The van der Waals surface area contributed by atoms with Gasteiger partial charge in [0, 0.05) is 6.61 Å². The fraction of sp³-hybridized carbons (Fsp3) is 0.857. The maximum Gasteiger partial charge on any atom is 0.0653 e. The monoisotopic (exact) mass is 226 g/mol. The maximum absolute atomic E-state index is 9.07. The van der Waals surface area contributed by atoms with Gasteiger partial charge < -0.3 is 9.84 Å². The average molecular weight is 226 g/mol. The number of rotatable bonds is 5. The van der Waals surface area contributed by atoms with Gasteiger partial charge in [0.05, 0.1) is 12.7 Å². The van der Waals surface area contributed by atoms with E-state index in [0.29, 0.717) is 18.1 Å². The Bertz CT molecular complexity index is 227. The summed E-state index contributed by atoms with van der Waals surface area (Å²) in [7, 11) is 0. The molecule has 1 N–H and O–H groups in total. The maximum atomic E-state index is 9.07. The Hall–Kier alpha value is -0.340. The summed E-state index contributed by atoms with van der Waals surface area (Å²) in [5.74, 6) is 0. The minimum atomic E-state index is 0.294. The molecular formula is C14H26O2. The lowest BCUT2D eigenvalue weighted by molar-refractivity contribution is -0.00586. The number of allylic oxidation sites excluding steroid dienone is 1. The van der Waals surface area contributed by atoms with E-state index < -0.39 is 0 Å². The van der Waals surface area contributed by atoms with Gasteiger partial charge in [0.15, 0.2) is 0 Å². The molecule has 0 aliphatic heterocycles. The average Bonchev–Trinajstić information content (AvgIpc) is 2.17. The highest BCUT2D eigenvalue weighted by molar-refractivity contribution is 4.93. The fourth-order valence-electron chi connectivity index (χ4n) is 2.50. The molecule has 0 aromatic carbocycles. The van der Waals surface area contributed by atoms with Crippen LogP contribution in [0.1, 0.15) is 52.9 Å². The van der Waals surface area contributed by atoms with Crippen LogP contribution in [-0.2, 0) is 4.74 Å². The Balaban J connectivity index is 2.35. The van der Waals surface area contributed by atoms with Crippen LogP contribution in [0.25, 0.3) is 0 Å². The van der Waals surface area contributed by atoms with E-state index in [2.05, 4.69) is 26.8 Å². The number of hydrogen-bond donors (Lipinski definition) is 1. The first kappa shape index (κ1) is 13.7. The van der Waals surface area contributed by atoms with Crippen molar-refractivity contribution < 1.29 is 9.84 Å². The zero-order valence-electron chi connectivity index (χ0n) is 11.0. The van der Waals surface area contributed by atoms with E-state index in [1.807, 2.05) is 0 Å². The summed E-state index contributed by atoms with van der Waals surface area (Å²) >= 11 is 0. The summed E-state index contributed by atoms with van der Waals surface area (Å²) in [4.78, 5) is 0. The normalized spacial score (nSPS) is 30.1. The Morgan fingerprint density at radius 3 is 2.88 bits per heavy atom. The molecule has 2 atom stereocenters. The van der Waals surface area contributed by atoms with Gasteiger partial charge in [0.1, 0.15) is 0 Å². The van der Waals surface area contributed by atoms with Crippen LogP contribution in [0.2, 0.25) is 0 Å². The predicted molar refractivity (Wildman–Crippen MR) is 67.4 cm³/mol. The van der Waals surface area contributed by atoms with Crippen LogP contribution < -0.4 is 0 Å². The molecule has 1 saturated carbocycles. The van der Waals surface area contributed by atoms with Gasteiger partial charge in [-0.2, -0.15) is 0 Å². The highest BCUT2D eigenvalue weighted by atomic mass is 16.5. The lowest BCUT2D eigenvalue weighted by Gasteiger charge is -2.37. The lowest BCUT2D eigenvalue weighted by Crippen LogP contribution is -2.31. The number of aliphatic hydroxyl groups is 1. The standard InChI is InChI=1S/C14H26O2/c1-12(2)6-10-16-13-5-4-7-14(3,11-13)8-9-15/h6,13,15H,4-5,7-11H2,1-3H3/t13-,14?/m0/s1. The molecule has 0 saturated heterocycles. The number of aliphatic hydroxyl groups excluding tert-OH is 1. The van der Waals surface area contributed by atoms with Crippen molar-refractivity contribution in [3.05, 3.63) is 11.6 Å². The second-order valence-corrected chi connectivity index (χ2v) is 5.62. The number of hydrogen-bond acceptors (Lipinski definition) is 2. The minimum absolute atomic E-state index is 0.294. The van der Waals surface area contributed by atoms with Gasteiger partial charge in [-0.1, -0.05) is 25.0 Å². The molecule has 1 aliphatic rings. The molecular weight excluding hydrogens is 200 g/mol. The van der Waals surface area contributed by atoms with Gasteiger partial charge in [-0.25, -0.2) is 0 Å². The minimum Gasteiger partial charge on any atom is -0.396 e. The van der Waals surface area contributed by atoms with Crippen LogP contribution in [0.15, 0.2) is 11.6 Å². The van der Waals surface area contributed by atoms with Crippen molar-refractivity contribution in [1.29, 1.82) is 0 Å². The third kappa shape index (κ3) is 4.67. The van der Waals surface area contributed by atoms with Crippen molar-refractivity contribution in [2.24, 2.45) is 5.41 Å². The van der Waals surface area contributed by atoms with Crippen LogP contribution in [0.4, 0.5) is 0 Å². The van der Waals surface area contributed by atoms with E-state index in [4.69, 9.17) is 9.84 Å². The third-order valence-corrected chi connectivity index (χ3v) is 3.57. The lowest BCUT2D eigenvalue weighted by atomic mass is 9.72. The zero-order valence-corrected chi connectivity index (χ0v) is 11.0. The molecule has 0 bridgehead atoms. The summed E-state index contributed by atoms with van der Waals surface area (Å²) in [6.07, 6.45) is 8.18. The SMILES string of the molecule is CC(C)=CCO[C@H]1CCCC(C)(CCO)C1. The summed E-state index contributed by atoms with van der Waals surface area (Å²) in [5, 5.41) is 9.07. The second kappa shape index (κ2) is 6.41. The van der Waals surface area contributed by atoms with Crippen molar-refractivity contribution in [3.8, 4) is 0 Å². The molecule has 0 aromatic heterocycles. The molecule has 0 aromatic rings. The van der Waals surface area contributed by atoms with E-state index in [1.165, 1.54) is 24.8 Å². The topological polar surface area (TPSA) is 29.5 Å². The first-order chi connectivity index (χ1) is 7.56. The van der Waals surface area contributed by atoms with E-state index in [1.54, 1.807) is 0 Å². The molecule has 0 radical (unpaired) electrons. The summed E-state index contributed by atoms with van der Waals surface area (Å²) in [6, 6.07) is 0. The van der Waals surface area contributed by atoms with Crippen molar-refractivity contribution >= 4 is 0 Å². The molecule has 0 heterocycles. The molecule has 1 unspecified atom stereocenters. The Morgan fingerprint density at radius 2 is 2.25 bits per heavy atom. The second-order valence-electron chi connectivity index (χ2n) is 5.62. The summed E-state index contributed by atoms with van der Waals surface area (Å²) < 4.78 is 5.88. The molecule has 1 aliphatic carbocycles. The van der Waals surface area contributed by atoms with Crippen molar-refractivity contribution in [2.45, 2.75) is 59.0 Å². The van der Waals surface area contributed by atoms with Crippen LogP contribution in [0.5, 0.6) is 0 Å². The first-order valence-corrected chi connectivity index (χ1v) is 6.41. The van der Waals surface area contributed by atoms with Crippen LogP contribution >= 0.6 is 0 Å². The first-order valence-electron chi connectivity index (χ1n) is 6.41. The van der Waals surface area contributed by atoms with Gasteiger partial charge in [-0.3, -0.25) is 0 Å². The number of ether oxygens (including phenoxy) is 1. The summed E-state index contributed by atoms with van der Waals surface area (Å²) in [5.41, 5.74) is 1.61. The Morgan fingerprint density at radius 1 is 1.50 bits per heavy atom. The summed E-state index contributed by atoms with van der Waals surface area (Å²) in [6.45, 7) is 7.51. The molecule has 94 valence electrons. The molecule has 0 amide bonds. The van der Waals surface area contributed by atoms with Gasteiger partial charge in [-0.15, -0.1) is 0 Å². The molecule has 0 spiro atoms. The van der Waals surface area contributed by atoms with E-state index in [9.17, 15) is 0 Å². The van der Waals surface area contributed by atoms with Crippen LogP contribution in [0.3, 0.4) is 0 Å². The van der Waals surface area contributed by atoms with Gasteiger partial charge in [-0.05, 0) is 44.9 Å². The Kier molecular flexibility index (Phi) is 5.50. The Labute approximate surface area is 99.7 Å². The van der Waals surface area contributed by atoms with E-state index in [-0.39, 0.29) is 0 Å². The largest absolute Gasteiger partial charge is 0.396 e. The van der Waals surface area contributed by atoms with E-state index in [0.717, 1.165) is 19.4 Å². The van der Waals surface area contributed by atoms with Crippen molar-refractivity contribution in [3.63, 3.8) is 0 Å². The van der Waals surface area contributed by atoms with Gasteiger partial charge in [0.2, 0.25) is 0 Å². The highest BCUT2D eigenvalue weighted by Gasteiger charge is 2.31. The molecule has 16 heavy (non-hydrogen) atoms. The van der Waals surface area contributed by atoms with Crippen LogP contribution in [-0.4, -0.2) is 24.4 Å². The third-order valence-electron chi connectivity index (χ3n) is 3.57. The fourth-order valence-corrected chi connectivity index (χ4v) is 2.50. The van der Waals surface area contributed by atoms with Gasteiger partial charge in [0.25, 0.3) is 0 Å². The molecule has 1 fully saturated rings. The molecule has 2 nitrogen and oxygen atoms in total. The molecule has 2 heteroatoms. The molecule has 1 rings (SSSR count).